The van der Waals surface area contributed by atoms with Gasteiger partial charge in [-0.25, -0.2) is 0 Å². The van der Waals surface area contributed by atoms with E-state index in [9.17, 15) is 18.0 Å². The quantitative estimate of drug-likeness (QED) is 0.930. The first kappa shape index (κ1) is 16.8. The Morgan fingerprint density at radius 3 is 2.82 bits per heavy atom. The van der Waals surface area contributed by atoms with Crippen molar-refractivity contribution in [3.05, 3.63) is 35.4 Å². The standard InChI is InChI=1S/C16H21F3N2O/c1-11(15(22)21-7-6-20-10-12(21)2)8-13-4-3-5-14(9-13)16(17,18)19/h3-5,9,11-12,20H,6-8,10H2,1-2H3. The fraction of sp³-hybridized carbons (Fsp3) is 0.562. The van der Waals surface area contributed by atoms with Crippen molar-refractivity contribution < 1.29 is 18.0 Å². The van der Waals surface area contributed by atoms with Crippen molar-refractivity contribution in [2.45, 2.75) is 32.5 Å². The zero-order valence-corrected chi connectivity index (χ0v) is 12.8. The minimum absolute atomic E-state index is 0.00594. The lowest BCUT2D eigenvalue weighted by Gasteiger charge is -2.35. The number of carbonyl (C=O) groups excluding carboxylic acids is 1. The zero-order chi connectivity index (χ0) is 16.3. The van der Waals surface area contributed by atoms with E-state index in [4.69, 9.17) is 0 Å². The summed E-state index contributed by atoms with van der Waals surface area (Å²) in [7, 11) is 0. The van der Waals surface area contributed by atoms with Crippen LogP contribution in [0.1, 0.15) is 25.0 Å². The topological polar surface area (TPSA) is 32.3 Å². The molecule has 2 rings (SSSR count). The molecule has 22 heavy (non-hydrogen) atoms. The van der Waals surface area contributed by atoms with Gasteiger partial charge in [0.2, 0.25) is 5.91 Å². The normalized spacial score (nSPS) is 20.8. The third kappa shape index (κ3) is 4.00. The molecule has 3 nitrogen and oxygen atoms in total. The molecular formula is C16H21F3N2O. The monoisotopic (exact) mass is 314 g/mol. The molecule has 0 aliphatic carbocycles. The van der Waals surface area contributed by atoms with E-state index in [1.54, 1.807) is 13.0 Å². The molecule has 1 saturated heterocycles. The lowest BCUT2D eigenvalue weighted by Crippen LogP contribution is -2.53. The van der Waals surface area contributed by atoms with Crippen LogP contribution in [0, 0.1) is 5.92 Å². The summed E-state index contributed by atoms with van der Waals surface area (Å²) < 4.78 is 38.2. The van der Waals surface area contributed by atoms with Crippen LogP contribution < -0.4 is 5.32 Å². The number of hydrogen-bond acceptors (Lipinski definition) is 2. The number of alkyl halides is 3. The van der Waals surface area contributed by atoms with E-state index in [1.165, 1.54) is 6.07 Å². The molecular weight excluding hydrogens is 293 g/mol. The summed E-state index contributed by atoms with van der Waals surface area (Å²) in [6.45, 7) is 5.90. The Morgan fingerprint density at radius 2 is 2.18 bits per heavy atom. The van der Waals surface area contributed by atoms with Gasteiger partial charge in [0.25, 0.3) is 0 Å². The van der Waals surface area contributed by atoms with Crippen LogP contribution in [0.3, 0.4) is 0 Å². The number of hydrogen-bond donors (Lipinski definition) is 1. The molecule has 1 N–H and O–H groups in total. The Bertz CT molecular complexity index is 530. The van der Waals surface area contributed by atoms with Crippen LogP contribution in [0.15, 0.2) is 24.3 Å². The second kappa shape index (κ2) is 6.69. The highest BCUT2D eigenvalue weighted by atomic mass is 19.4. The van der Waals surface area contributed by atoms with Gasteiger partial charge in [-0.3, -0.25) is 4.79 Å². The minimum Gasteiger partial charge on any atom is -0.337 e. The molecule has 122 valence electrons. The molecule has 1 aromatic carbocycles. The van der Waals surface area contributed by atoms with E-state index in [-0.39, 0.29) is 17.9 Å². The van der Waals surface area contributed by atoms with Crippen molar-refractivity contribution in [2.75, 3.05) is 19.6 Å². The van der Waals surface area contributed by atoms with Gasteiger partial charge in [0.05, 0.1) is 5.56 Å². The summed E-state index contributed by atoms with van der Waals surface area (Å²) >= 11 is 0. The summed E-state index contributed by atoms with van der Waals surface area (Å²) in [6.07, 6.45) is -4.03. The van der Waals surface area contributed by atoms with E-state index >= 15 is 0 Å². The molecule has 0 spiro atoms. The second-order valence-electron chi connectivity index (χ2n) is 5.89. The largest absolute Gasteiger partial charge is 0.416 e. The number of amides is 1. The Morgan fingerprint density at radius 1 is 1.45 bits per heavy atom. The zero-order valence-electron chi connectivity index (χ0n) is 12.8. The molecule has 1 aliphatic rings. The first-order chi connectivity index (χ1) is 10.3. The molecule has 6 heteroatoms. The highest BCUT2D eigenvalue weighted by Gasteiger charge is 2.31. The number of rotatable bonds is 3. The van der Waals surface area contributed by atoms with Gasteiger partial charge in [0.1, 0.15) is 0 Å². The third-order valence-corrected chi connectivity index (χ3v) is 4.00. The average Bonchev–Trinajstić information content (AvgIpc) is 2.46. The van der Waals surface area contributed by atoms with Crippen LogP contribution in [0.5, 0.6) is 0 Å². The fourth-order valence-electron chi connectivity index (χ4n) is 2.77. The maximum atomic E-state index is 12.7. The van der Waals surface area contributed by atoms with Crippen LogP contribution in [0.2, 0.25) is 0 Å². The van der Waals surface area contributed by atoms with Crippen LogP contribution in [0.25, 0.3) is 0 Å². The smallest absolute Gasteiger partial charge is 0.337 e. The summed E-state index contributed by atoms with van der Waals surface area (Å²) in [6, 6.07) is 5.33. The van der Waals surface area contributed by atoms with E-state index in [1.807, 2.05) is 11.8 Å². The Kier molecular flexibility index (Phi) is 5.11. The molecule has 1 heterocycles. The summed E-state index contributed by atoms with van der Waals surface area (Å²) in [5, 5.41) is 3.21. The molecule has 0 radical (unpaired) electrons. The van der Waals surface area contributed by atoms with Gasteiger partial charge < -0.3 is 10.2 Å². The SMILES string of the molecule is CC(Cc1cccc(C(F)(F)F)c1)C(=O)N1CCNCC1C. The fourth-order valence-corrected chi connectivity index (χ4v) is 2.77. The number of benzene rings is 1. The van der Waals surface area contributed by atoms with Crippen LogP contribution in [-0.2, 0) is 17.4 Å². The molecule has 2 unspecified atom stereocenters. The van der Waals surface area contributed by atoms with Crippen molar-refractivity contribution >= 4 is 5.91 Å². The van der Waals surface area contributed by atoms with Crippen molar-refractivity contribution in [1.82, 2.24) is 10.2 Å². The summed E-state index contributed by atoms with van der Waals surface area (Å²) in [5.41, 5.74) is -0.126. The maximum absolute atomic E-state index is 12.7. The van der Waals surface area contributed by atoms with Gasteiger partial charge in [-0.05, 0) is 25.0 Å². The molecule has 0 aromatic heterocycles. The lowest BCUT2D eigenvalue weighted by atomic mass is 9.97. The van der Waals surface area contributed by atoms with E-state index in [2.05, 4.69) is 5.32 Å². The lowest BCUT2D eigenvalue weighted by molar-refractivity contribution is -0.138. The van der Waals surface area contributed by atoms with Gasteiger partial charge in [0, 0.05) is 31.6 Å². The molecule has 1 amide bonds. The highest BCUT2D eigenvalue weighted by molar-refractivity contribution is 5.79. The Hall–Kier alpha value is -1.56. The number of carbonyl (C=O) groups is 1. The number of piperazine rings is 1. The molecule has 1 aliphatic heterocycles. The molecule has 0 bridgehead atoms. The van der Waals surface area contributed by atoms with Crippen LogP contribution >= 0.6 is 0 Å². The number of nitrogens with one attached hydrogen (secondary N) is 1. The molecule has 1 fully saturated rings. The van der Waals surface area contributed by atoms with Crippen molar-refractivity contribution in [3.63, 3.8) is 0 Å². The molecule has 1 aromatic rings. The molecule has 0 saturated carbocycles. The van der Waals surface area contributed by atoms with Crippen molar-refractivity contribution in [1.29, 1.82) is 0 Å². The Balaban J connectivity index is 2.05. The summed E-state index contributed by atoms with van der Waals surface area (Å²) in [4.78, 5) is 14.3. The van der Waals surface area contributed by atoms with Gasteiger partial charge in [-0.2, -0.15) is 13.2 Å². The third-order valence-electron chi connectivity index (χ3n) is 4.00. The Labute approximate surface area is 128 Å². The first-order valence-corrected chi connectivity index (χ1v) is 7.46. The molecule has 2 atom stereocenters. The van der Waals surface area contributed by atoms with Crippen LogP contribution in [-0.4, -0.2) is 36.5 Å². The van der Waals surface area contributed by atoms with Crippen molar-refractivity contribution in [3.8, 4) is 0 Å². The maximum Gasteiger partial charge on any atom is 0.416 e. The predicted octanol–water partition coefficient (Wildman–Crippen LogP) is 2.70. The predicted molar refractivity (Wildman–Crippen MR) is 78.4 cm³/mol. The van der Waals surface area contributed by atoms with Crippen LogP contribution in [0.4, 0.5) is 13.2 Å². The van der Waals surface area contributed by atoms with Gasteiger partial charge in [-0.15, -0.1) is 0 Å². The first-order valence-electron chi connectivity index (χ1n) is 7.46. The average molecular weight is 314 g/mol. The minimum atomic E-state index is -4.35. The van der Waals surface area contributed by atoms with Gasteiger partial charge >= 0.3 is 6.18 Å². The van der Waals surface area contributed by atoms with Gasteiger partial charge in [-0.1, -0.05) is 25.1 Å². The van der Waals surface area contributed by atoms with Crippen molar-refractivity contribution in [2.24, 2.45) is 5.92 Å². The van der Waals surface area contributed by atoms with E-state index in [0.29, 0.717) is 18.5 Å². The summed E-state index contributed by atoms with van der Waals surface area (Å²) in [5.74, 6) is -0.324. The van der Waals surface area contributed by atoms with Gasteiger partial charge in [0.15, 0.2) is 0 Å². The number of nitrogens with zero attached hydrogens (tertiary/aromatic N) is 1. The highest BCUT2D eigenvalue weighted by Crippen LogP contribution is 2.30. The second-order valence-corrected chi connectivity index (χ2v) is 5.89. The number of halogens is 3. The van der Waals surface area contributed by atoms with E-state index in [0.717, 1.165) is 25.2 Å². The van der Waals surface area contributed by atoms with E-state index < -0.39 is 11.7 Å².